The van der Waals surface area contributed by atoms with E-state index in [0.29, 0.717) is 32.3 Å². The average Bonchev–Trinajstić information content (AvgIpc) is 3.24. The van der Waals surface area contributed by atoms with Gasteiger partial charge in [-0.2, -0.15) is 0 Å². The molecule has 0 spiro atoms. The summed E-state index contributed by atoms with van der Waals surface area (Å²) >= 11 is 13.8. The molecule has 0 bridgehead atoms. The zero-order valence-corrected chi connectivity index (χ0v) is 21.1. The number of benzene rings is 3. The van der Waals surface area contributed by atoms with Gasteiger partial charge in [0.2, 0.25) is 0 Å². The van der Waals surface area contributed by atoms with Crippen LogP contribution in [0.3, 0.4) is 0 Å². The summed E-state index contributed by atoms with van der Waals surface area (Å²) in [5, 5.41) is 1.52. The van der Waals surface area contributed by atoms with Gasteiger partial charge in [0.1, 0.15) is 17.4 Å². The molecular formula is C26H22Cl2F2N2OS. The van der Waals surface area contributed by atoms with Gasteiger partial charge in [-0.05, 0) is 54.1 Å². The van der Waals surface area contributed by atoms with Crippen LogP contribution < -0.4 is 4.74 Å². The van der Waals surface area contributed by atoms with Crippen molar-refractivity contribution in [1.82, 2.24) is 9.55 Å². The standard InChI is InChI=1S/C26H22Cl2F2N2OS/c1-26(2,16-7-12-21(28)23(13-16)33-3)24-14-31-25(32(24)18-10-8-17(29)9-11-18)34-15-19-20(27)5-4-6-22(19)30/h4-14H,15H2,1-3H3. The maximum atomic E-state index is 14.4. The van der Waals surface area contributed by atoms with Crippen LogP contribution in [0.5, 0.6) is 5.75 Å². The molecule has 0 aliphatic heterocycles. The van der Waals surface area contributed by atoms with Crippen LogP contribution in [-0.2, 0) is 11.2 Å². The number of methoxy groups -OCH3 is 1. The number of thioether (sulfide) groups is 1. The van der Waals surface area contributed by atoms with Gasteiger partial charge in [-0.1, -0.05) is 60.9 Å². The van der Waals surface area contributed by atoms with Crippen molar-refractivity contribution in [1.29, 1.82) is 0 Å². The maximum absolute atomic E-state index is 14.4. The fraction of sp³-hybridized carbons (Fsp3) is 0.192. The Kier molecular flexibility index (Phi) is 7.22. The molecule has 0 aliphatic rings. The first-order valence-corrected chi connectivity index (χ1v) is 12.2. The van der Waals surface area contributed by atoms with Gasteiger partial charge in [0.15, 0.2) is 5.16 Å². The van der Waals surface area contributed by atoms with Crippen LogP contribution >= 0.6 is 35.0 Å². The summed E-state index contributed by atoms with van der Waals surface area (Å²) in [7, 11) is 1.57. The molecule has 176 valence electrons. The van der Waals surface area contributed by atoms with Crippen molar-refractivity contribution in [2.24, 2.45) is 0 Å². The normalized spacial score (nSPS) is 11.6. The molecule has 0 radical (unpaired) electrons. The molecule has 34 heavy (non-hydrogen) atoms. The van der Waals surface area contributed by atoms with E-state index in [1.807, 2.05) is 16.7 Å². The van der Waals surface area contributed by atoms with Crippen molar-refractivity contribution < 1.29 is 13.5 Å². The molecule has 4 rings (SSSR count). The molecule has 0 aliphatic carbocycles. The largest absolute Gasteiger partial charge is 0.495 e. The van der Waals surface area contributed by atoms with Crippen molar-refractivity contribution in [2.75, 3.05) is 7.11 Å². The van der Waals surface area contributed by atoms with Crippen molar-refractivity contribution in [3.05, 3.63) is 105 Å². The molecule has 3 aromatic carbocycles. The first kappa shape index (κ1) is 24.6. The maximum Gasteiger partial charge on any atom is 0.173 e. The lowest BCUT2D eigenvalue weighted by Crippen LogP contribution is -2.23. The molecule has 1 heterocycles. The Balaban J connectivity index is 1.80. The lowest BCUT2D eigenvalue weighted by molar-refractivity contribution is 0.413. The van der Waals surface area contributed by atoms with Crippen LogP contribution in [0.1, 0.15) is 30.7 Å². The summed E-state index contributed by atoms with van der Waals surface area (Å²) in [5.41, 5.74) is 2.46. The Hall–Kier alpha value is -2.54. The third-order valence-corrected chi connectivity index (χ3v) is 7.38. The van der Waals surface area contributed by atoms with E-state index in [1.54, 1.807) is 43.6 Å². The minimum atomic E-state index is -0.520. The van der Waals surface area contributed by atoms with Crippen LogP contribution in [-0.4, -0.2) is 16.7 Å². The van der Waals surface area contributed by atoms with E-state index < -0.39 is 5.41 Å². The molecule has 0 saturated heterocycles. The molecule has 0 amide bonds. The van der Waals surface area contributed by atoms with Gasteiger partial charge in [-0.3, -0.25) is 4.57 Å². The number of hydrogen-bond acceptors (Lipinski definition) is 3. The van der Waals surface area contributed by atoms with Gasteiger partial charge < -0.3 is 4.74 Å². The van der Waals surface area contributed by atoms with Gasteiger partial charge in [0.25, 0.3) is 0 Å². The quantitative estimate of drug-likeness (QED) is 0.231. The van der Waals surface area contributed by atoms with Gasteiger partial charge in [-0.25, -0.2) is 13.8 Å². The minimum absolute atomic E-state index is 0.290. The van der Waals surface area contributed by atoms with Gasteiger partial charge >= 0.3 is 0 Å². The highest BCUT2D eigenvalue weighted by atomic mass is 35.5. The fourth-order valence-corrected chi connectivity index (χ4v) is 5.25. The third kappa shape index (κ3) is 4.81. The summed E-state index contributed by atoms with van der Waals surface area (Å²) in [4.78, 5) is 4.65. The molecule has 0 unspecified atom stereocenters. The molecular weight excluding hydrogens is 497 g/mol. The van der Waals surface area contributed by atoms with Gasteiger partial charge in [-0.15, -0.1) is 0 Å². The summed E-state index contributed by atoms with van der Waals surface area (Å²) in [6.45, 7) is 4.13. The van der Waals surface area contributed by atoms with Crippen LogP contribution in [0.25, 0.3) is 5.69 Å². The molecule has 0 fully saturated rings. The Morgan fingerprint density at radius 3 is 2.41 bits per heavy atom. The third-order valence-electron chi connectivity index (χ3n) is 5.73. The van der Waals surface area contributed by atoms with E-state index >= 15 is 0 Å². The zero-order valence-electron chi connectivity index (χ0n) is 18.8. The van der Waals surface area contributed by atoms with E-state index in [9.17, 15) is 8.78 Å². The predicted molar refractivity (Wildman–Crippen MR) is 135 cm³/mol. The zero-order chi connectivity index (χ0) is 24.5. The van der Waals surface area contributed by atoms with Gasteiger partial charge in [0, 0.05) is 27.4 Å². The highest BCUT2D eigenvalue weighted by Crippen LogP contribution is 2.39. The van der Waals surface area contributed by atoms with Crippen molar-refractivity contribution in [3.8, 4) is 11.4 Å². The number of ether oxygens (including phenoxy) is 1. The van der Waals surface area contributed by atoms with Crippen LogP contribution in [0.2, 0.25) is 10.0 Å². The summed E-state index contributed by atoms with van der Waals surface area (Å²) < 4.78 is 35.4. The number of halogens is 4. The van der Waals surface area contributed by atoms with E-state index in [1.165, 1.54) is 30.0 Å². The lowest BCUT2D eigenvalue weighted by atomic mass is 9.81. The van der Waals surface area contributed by atoms with Crippen molar-refractivity contribution in [3.63, 3.8) is 0 Å². The Bertz CT molecular complexity index is 1300. The number of rotatable bonds is 7. The number of nitrogens with zero attached hydrogens (tertiary/aromatic N) is 2. The van der Waals surface area contributed by atoms with Gasteiger partial charge in [0.05, 0.1) is 24.0 Å². The molecule has 0 saturated carbocycles. The predicted octanol–water partition coefficient (Wildman–Crippen LogP) is 8.08. The highest BCUT2D eigenvalue weighted by molar-refractivity contribution is 7.98. The molecule has 8 heteroatoms. The lowest BCUT2D eigenvalue weighted by Gasteiger charge is -2.28. The summed E-state index contributed by atoms with van der Waals surface area (Å²) in [6.07, 6.45) is 1.79. The van der Waals surface area contributed by atoms with Crippen molar-refractivity contribution >= 4 is 35.0 Å². The monoisotopic (exact) mass is 518 g/mol. The van der Waals surface area contributed by atoms with E-state index in [4.69, 9.17) is 27.9 Å². The second-order valence-electron chi connectivity index (χ2n) is 8.20. The molecule has 0 N–H and O–H groups in total. The molecule has 3 nitrogen and oxygen atoms in total. The highest BCUT2D eigenvalue weighted by Gasteiger charge is 2.30. The fourth-order valence-electron chi connectivity index (χ4n) is 3.72. The first-order chi connectivity index (χ1) is 16.2. The second kappa shape index (κ2) is 9.98. The number of aromatic nitrogens is 2. The molecule has 0 atom stereocenters. The Morgan fingerprint density at radius 2 is 1.74 bits per heavy atom. The SMILES string of the molecule is COc1cc(C(C)(C)c2cnc(SCc3c(F)cccc3Cl)n2-c2ccc(F)cc2)ccc1Cl. The summed E-state index contributed by atoms with van der Waals surface area (Å²) in [6, 6.07) is 16.5. The summed E-state index contributed by atoms with van der Waals surface area (Å²) in [5.74, 6) is 0.162. The number of hydrogen-bond donors (Lipinski definition) is 0. The first-order valence-electron chi connectivity index (χ1n) is 10.5. The Morgan fingerprint density at radius 1 is 1.00 bits per heavy atom. The molecule has 1 aromatic heterocycles. The smallest absolute Gasteiger partial charge is 0.173 e. The van der Waals surface area contributed by atoms with E-state index in [2.05, 4.69) is 18.8 Å². The van der Waals surface area contributed by atoms with Crippen molar-refractivity contribution in [2.45, 2.75) is 30.2 Å². The average molecular weight is 519 g/mol. The van der Waals surface area contributed by atoms with E-state index in [0.717, 1.165) is 16.9 Å². The topological polar surface area (TPSA) is 27.1 Å². The van der Waals surface area contributed by atoms with Crippen LogP contribution in [0.15, 0.2) is 72.0 Å². The minimum Gasteiger partial charge on any atom is -0.495 e. The second-order valence-corrected chi connectivity index (χ2v) is 9.96. The number of imidazole rings is 1. The Labute approximate surface area is 211 Å². The van der Waals surface area contributed by atoms with Crippen LogP contribution in [0.4, 0.5) is 8.78 Å². The van der Waals surface area contributed by atoms with Crippen LogP contribution in [0, 0.1) is 11.6 Å². The molecule has 4 aromatic rings. The van der Waals surface area contributed by atoms with E-state index in [-0.39, 0.29) is 11.6 Å².